The van der Waals surface area contributed by atoms with E-state index >= 15 is 0 Å². The molecule has 18 heavy (non-hydrogen) atoms. The van der Waals surface area contributed by atoms with Crippen molar-refractivity contribution in [3.8, 4) is 0 Å². The van der Waals surface area contributed by atoms with Crippen LogP contribution in [0.3, 0.4) is 0 Å². The first-order chi connectivity index (χ1) is 8.74. The van der Waals surface area contributed by atoms with Crippen molar-refractivity contribution in [2.45, 2.75) is 71.4 Å². The fourth-order valence-electron chi connectivity index (χ4n) is 4.00. The Balaban J connectivity index is 1.72. The fourth-order valence-corrected chi connectivity index (χ4v) is 4.00. The molecular formula is C16H32N2. The smallest absolute Gasteiger partial charge is 0.00980 e. The van der Waals surface area contributed by atoms with Crippen molar-refractivity contribution in [1.82, 2.24) is 10.2 Å². The minimum atomic E-state index is 0.793. The van der Waals surface area contributed by atoms with Crippen LogP contribution in [0.1, 0.15) is 59.3 Å². The first-order valence-corrected chi connectivity index (χ1v) is 8.23. The molecule has 2 rings (SSSR count). The van der Waals surface area contributed by atoms with Gasteiger partial charge in [0.15, 0.2) is 0 Å². The van der Waals surface area contributed by atoms with Crippen molar-refractivity contribution in [3.05, 3.63) is 0 Å². The van der Waals surface area contributed by atoms with Crippen molar-refractivity contribution in [2.24, 2.45) is 11.8 Å². The maximum atomic E-state index is 3.97. The molecule has 1 saturated heterocycles. The first kappa shape index (κ1) is 14.3. The Labute approximate surface area is 114 Å². The lowest BCUT2D eigenvalue weighted by atomic mass is 9.92. The second-order valence-electron chi connectivity index (χ2n) is 6.49. The molecule has 106 valence electrons. The Kier molecular flexibility index (Phi) is 5.50. The van der Waals surface area contributed by atoms with Crippen LogP contribution < -0.4 is 5.32 Å². The summed E-state index contributed by atoms with van der Waals surface area (Å²) < 4.78 is 0. The Hall–Kier alpha value is -0.0800. The summed E-state index contributed by atoms with van der Waals surface area (Å²) in [5.74, 6) is 1.87. The van der Waals surface area contributed by atoms with E-state index in [1.165, 1.54) is 58.2 Å². The molecule has 1 heterocycles. The molecule has 0 spiro atoms. The number of hydrogen-bond donors (Lipinski definition) is 1. The molecule has 3 atom stereocenters. The summed E-state index contributed by atoms with van der Waals surface area (Å²) in [5, 5.41) is 3.97. The van der Waals surface area contributed by atoms with Gasteiger partial charge in [0.25, 0.3) is 0 Å². The topological polar surface area (TPSA) is 15.3 Å². The molecule has 0 radical (unpaired) electrons. The SMILES string of the molecule is CCCN1CCC(NC2CCC(CC)C2C)CC1. The van der Waals surface area contributed by atoms with Crippen LogP contribution in [0.4, 0.5) is 0 Å². The van der Waals surface area contributed by atoms with E-state index in [0.717, 1.165) is 23.9 Å². The van der Waals surface area contributed by atoms with Crippen molar-refractivity contribution in [3.63, 3.8) is 0 Å². The lowest BCUT2D eigenvalue weighted by molar-refractivity contribution is 0.183. The van der Waals surface area contributed by atoms with Crippen LogP contribution in [0.15, 0.2) is 0 Å². The Bertz CT molecular complexity index is 233. The largest absolute Gasteiger partial charge is 0.311 e. The molecule has 0 aromatic rings. The molecule has 2 heteroatoms. The summed E-state index contributed by atoms with van der Waals surface area (Å²) in [5.41, 5.74) is 0. The van der Waals surface area contributed by atoms with Crippen molar-refractivity contribution in [2.75, 3.05) is 19.6 Å². The Morgan fingerprint density at radius 2 is 1.78 bits per heavy atom. The highest BCUT2D eigenvalue weighted by Crippen LogP contribution is 2.34. The molecule has 1 N–H and O–H groups in total. The highest BCUT2D eigenvalue weighted by molar-refractivity contribution is 4.89. The normalized spacial score (nSPS) is 35.2. The molecule has 0 bridgehead atoms. The van der Waals surface area contributed by atoms with Crippen LogP contribution in [-0.4, -0.2) is 36.6 Å². The minimum Gasteiger partial charge on any atom is -0.311 e. The van der Waals surface area contributed by atoms with Gasteiger partial charge in [0.1, 0.15) is 0 Å². The zero-order valence-corrected chi connectivity index (χ0v) is 12.6. The quantitative estimate of drug-likeness (QED) is 0.808. The summed E-state index contributed by atoms with van der Waals surface area (Å²) in [6.45, 7) is 11.0. The number of rotatable bonds is 5. The third kappa shape index (κ3) is 3.48. The van der Waals surface area contributed by atoms with Gasteiger partial charge in [-0.25, -0.2) is 0 Å². The fraction of sp³-hybridized carbons (Fsp3) is 1.00. The molecule has 1 saturated carbocycles. The van der Waals surface area contributed by atoms with E-state index in [1.807, 2.05) is 0 Å². The van der Waals surface area contributed by atoms with Crippen molar-refractivity contribution >= 4 is 0 Å². The maximum Gasteiger partial charge on any atom is 0.00980 e. The van der Waals surface area contributed by atoms with Gasteiger partial charge in [0.05, 0.1) is 0 Å². The second kappa shape index (κ2) is 6.91. The number of likely N-dealkylation sites (tertiary alicyclic amines) is 1. The van der Waals surface area contributed by atoms with E-state index in [0.29, 0.717) is 0 Å². The van der Waals surface area contributed by atoms with Crippen LogP contribution >= 0.6 is 0 Å². The predicted molar refractivity (Wildman–Crippen MR) is 78.9 cm³/mol. The number of nitrogens with zero attached hydrogens (tertiary/aromatic N) is 1. The summed E-state index contributed by atoms with van der Waals surface area (Å²) in [7, 11) is 0. The monoisotopic (exact) mass is 252 g/mol. The maximum absolute atomic E-state index is 3.97. The van der Waals surface area contributed by atoms with Gasteiger partial charge in [-0.2, -0.15) is 0 Å². The summed E-state index contributed by atoms with van der Waals surface area (Å²) in [6, 6.07) is 1.60. The average Bonchev–Trinajstić information content (AvgIpc) is 2.73. The molecule has 2 aliphatic rings. The summed E-state index contributed by atoms with van der Waals surface area (Å²) in [6.07, 6.45) is 8.25. The van der Waals surface area contributed by atoms with E-state index in [1.54, 1.807) is 0 Å². The summed E-state index contributed by atoms with van der Waals surface area (Å²) in [4.78, 5) is 2.63. The standard InChI is InChI=1S/C16H32N2/c1-4-10-18-11-8-15(9-12-18)17-16-7-6-14(5-2)13(16)3/h13-17H,4-12H2,1-3H3. The van der Waals surface area contributed by atoms with Crippen LogP contribution in [-0.2, 0) is 0 Å². The Morgan fingerprint density at radius 3 is 2.33 bits per heavy atom. The molecule has 2 fully saturated rings. The molecule has 0 aromatic carbocycles. The number of hydrogen-bond acceptors (Lipinski definition) is 2. The van der Waals surface area contributed by atoms with Crippen LogP contribution in [0.5, 0.6) is 0 Å². The van der Waals surface area contributed by atoms with Gasteiger partial charge in [-0.1, -0.05) is 27.2 Å². The van der Waals surface area contributed by atoms with Gasteiger partial charge in [0.2, 0.25) is 0 Å². The average molecular weight is 252 g/mol. The lowest BCUT2D eigenvalue weighted by Crippen LogP contribution is -2.47. The van der Waals surface area contributed by atoms with Crippen LogP contribution in [0, 0.1) is 11.8 Å². The molecule has 0 amide bonds. The number of nitrogens with one attached hydrogen (secondary N) is 1. The molecular weight excluding hydrogens is 220 g/mol. The molecule has 0 aromatic heterocycles. The lowest BCUT2D eigenvalue weighted by Gasteiger charge is -2.35. The molecule has 1 aliphatic heterocycles. The van der Waals surface area contributed by atoms with E-state index in [-0.39, 0.29) is 0 Å². The van der Waals surface area contributed by atoms with Gasteiger partial charge < -0.3 is 10.2 Å². The third-order valence-corrected chi connectivity index (χ3v) is 5.33. The van der Waals surface area contributed by atoms with Crippen molar-refractivity contribution < 1.29 is 0 Å². The van der Waals surface area contributed by atoms with E-state index < -0.39 is 0 Å². The van der Waals surface area contributed by atoms with Crippen molar-refractivity contribution in [1.29, 1.82) is 0 Å². The zero-order valence-electron chi connectivity index (χ0n) is 12.6. The van der Waals surface area contributed by atoms with Crippen LogP contribution in [0.2, 0.25) is 0 Å². The van der Waals surface area contributed by atoms with Crippen LogP contribution in [0.25, 0.3) is 0 Å². The summed E-state index contributed by atoms with van der Waals surface area (Å²) >= 11 is 0. The van der Waals surface area contributed by atoms with E-state index in [9.17, 15) is 0 Å². The number of piperidine rings is 1. The van der Waals surface area contributed by atoms with Gasteiger partial charge in [0, 0.05) is 12.1 Å². The molecule has 2 nitrogen and oxygen atoms in total. The van der Waals surface area contributed by atoms with Gasteiger partial charge in [-0.05, 0) is 63.6 Å². The third-order valence-electron chi connectivity index (χ3n) is 5.33. The first-order valence-electron chi connectivity index (χ1n) is 8.23. The second-order valence-corrected chi connectivity index (χ2v) is 6.49. The van der Waals surface area contributed by atoms with Gasteiger partial charge in [-0.3, -0.25) is 0 Å². The molecule has 1 aliphatic carbocycles. The van der Waals surface area contributed by atoms with E-state index in [4.69, 9.17) is 0 Å². The zero-order chi connectivity index (χ0) is 13.0. The minimum absolute atomic E-state index is 0.793. The highest BCUT2D eigenvalue weighted by atomic mass is 15.1. The van der Waals surface area contributed by atoms with Gasteiger partial charge >= 0.3 is 0 Å². The van der Waals surface area contributed by atoms with Gasteiger partial charge in [-0.15, -0.1) is 0 Å². The predicted octanol–water partition coefficient (Wildman–Crippen LogP) is 3.28. The molecule has 3 unspecified atom stereocenters. The Morgan fingerprint density at radius 1 is 1.06 bits per heavy atom. The highest BCUT2D eigenvalue weighted by Gasteiger charge is 2.33. The van der Waals surface area contributed by atoms with E-state index in [2.05, 4.69) is 31.0 Å².